The summed E-state index contributed by atoms with van der Waals surface area (Å²) in [7, 11) is -9.91. The van der Waals surface area contributed by atoms with Crippen molar-refractivity contribution in [1.29, 1.82) is 0 Å². The lowest BCUT2D eigenvalue weighted by Gasteiger charge is -2.21. The minimum atomic E-state index is -4.96. The molecule has 0 rings (SSSR count). The summed E-state index contributed by atoms with van der Waals surface area (Å²) in [5, 5.41) is 10.6. The number of carbonyl (C=O) groups excluding carboxylic acids is 4. The van der Waals surface area contributed by atoms with Gasteiger partial charge in [0.2, 0.25) is 0 Å². The van der Waals surface area contributed by atoms with Gasteiger partial charge in [0.1, 0.15) is 19.3 Å². The summed E-state index contributed by atoms with van der Waals surface area (Å²) in [6.45, 7) is 7.33. The van der Waals surface area contributed by atoms with Crippen molar-refractivity contribution in [1.82, 2.24) is 0 Å². The van der Waals surface area contributed by atoms with Gasteiger partial charge in [-0.3, -0.25) is 37.3 Å². The molecule has 0 aromatic carbocycles. The molecule has 0 spiro atoms. The number of esters is 4. The monoisotopic (exact) mass is 1450 g/mol. The Hall–Kier alpha value is -1.94. The first kappa shape index (κ1) is 97.1. The van der Waals surface area contributed by atoms with E-state index < -0.39 is 97.5 Å². The van der Waals surface area contributed by atoms with Crippen LogP contribution in [0.4, 0.5) is 0 Å². The van der Waals surface area contributed by atoms with Crippen LogP contribution in [-0.2, 0) is 65.4 Å². The van der Waals surface area contributed by atoms with E-state index in [-0.39, 0.29) is 25.7 Å². The molecule has 0 bridgehead atoms. The Morgan fingerprint density at radius 3 is 0.687 bits per heavy atom. The number of aliphatic hydroxyl groups excluding tert-OH is 1. The van der Waals surface area contributed by atoms with Crippen LogP contribution < -0.4 is 0 Å². The zero-order valence-corrected chi connectivity index (χ0v) is 66.4. The molecule has 0 fully saturated rings. The highest BCUT2D eigenvalue weighted by atomic mass is 31.2. The fourth-order valence-corrected chi connectivity index (χ4v) is 14.0. The van der Waals surface area contributed by atoms with Gasteiger partial charge in [0, 0.05) is 25.7 Å². The van der Waals surface area contributed by atoms with E-state index in [1.54, 1.807) is 0 Å². The van der Waals surface area contributed by atoms with Crippen LogP contribution in [0.3, 0.4) is 0 Å². The summed E-state index contributed by atoms with van der Waals surface area (Å²) in [6.07, 6.45) is 63.8. The third-order valence-electron chi connectivity index (χ3n) is 18.8. The van der Waals surface area contributed by atoms with Gasteiger partial charge in [-0.15, -0.1) is 0 Å². The van der Waals surface area contributed by atoms with Crippen molar-refractivity contribution >= 4 is 39.5 Å². The van der Waals surface area contributed by atoms with Gasteiger partial charge in [-0.1, -0.05) is 375 Å². The van der Waals surface area contributed by atoms with Gasteiger partial charge in [0.05, 0.1) is 26.4 Å². The van der Waals surface area contributed by atoms with Gasteiger partial charge < -0.3 is 33.8 Å². The Morgan fingerprint density at radius 2 is 0.465 bits per heavy atom. The van der Waals surface area contributed by atoms with E-state index in [1.165, 1.54) is 250 Å². The molecule has 3 N–H and O–H groups in total. The molecule has 2 unspecified atom stereocenters. The molecule has 0 radical (unpaired) electrons. The quantitative estimate of drug-likeness (QED) is 0.0222. The number of ether oxygens (including phenoxy) is 4. The molecule has 0 aliphatic carbocycles. The van der Waals surface area contributed by atoms with Crippen LogP contribution in [0, 0.1) is 5.92 Å². The van der Waals surface area contributed by atoms with Gasteiger partial charge in [0.25, 0.3) is 0 Å². The summed E-state index contributed by atoms with van der Waals surface area (Å²) in [5.74, 6) is -1.31. The lowest BCUT2D eigenvalue weighted by Crippen LogP contribution is -2.30. The molecule has 19 heteroatoms. The second-order valence-electron chi connectivity index (χ2n) is 29.3. The van der Waals surface area contributed by atoms with Crippen LogP contribution in [0.5, 0.6) is 0 Å². The van der Waals surface area contributed by atoms with Crippen molar-refractivity contribution in [3.05, 3.63) is 0 Å². The minimum absolute atomic E-state index is 0.108. The van der Waals surface area contributed by atoms with Gasteiger partial charge >= 0.3 is 39.5 Å². The maximum Gasteiger partial charge on any atom is 0.472 e. The summed E-state index contributed by atoms with van der Waals surface area (Å²) in [5.41, 5.74) is 0. The molecule has 0 amide bonds. The highest BCUT2D eigenvalue weighted by molar-refractivity contribution is 7.47. The average molecular weight is 1450 g/mol. The fraction of sp³-hybridized carbons (Fsp3) is 0.950. The molecule has 5 atom stereocenters. The SMILES string of the molecule is CCCCCCCCCCCCCCCCCCCCCCC(=O)O[C@H](COC(=O)CCCCCCCCCCCCCCCCC(C)C)COP(=O)(O)OC[C@@H](O)COP(=O)(O)OC[C@@H](COC(=O)CCCCCCCCCCC)OC(=O)CCCCCCCCCCCCCCC. The third kappa shape index (κ3) is 74.1. The van der Waals surface area contributed by atoms with Crippen LogP contribution in [-0.4, -0.2) is 96.7 Å². The molecule has 0 aliphatic heterocycles. The van der Waals surface area contributed by atoms with Gasteiger partial charge in [0.15, 0.2) is 12.2 Å². The number of phosphoric ester groups is 2. The molecule has 0 heterocycles. The van der Waals surface area contributed by atoms with Crippen LogP contribution in [0.1, 0.15) is 426 Å². The Bertz CT molecular complexity index is 1890. The molecular weight excluding hydrogens is 1290 g/mol. The summed E-state index contributed by atoms with van der Waals surface area (Å²) in [4.78, 5) is 72.9. The standard InChI is InChI=1S/C80H156O17P2/c1-6-9-12-15-18-21-23-25-26-27-28-29-30-31-37-41-46-51-56-61-66-80(85)97-76(70-91-78(83)64-59-54-49-44-39-36-33-32-35-38-43-47-52-57-62-73(4)5)72-95-99(88,89)93-68-74(81)67-92-98(86,87)94-71-75(69-90-77(82)63-58-53-48-42-20-17-14-11-8-3)96-79(84)65-60-55-50-45-40-34-24-22-19-16-13-10-7-2/h73-76,81H,6-72H2,1-5H3,(H,86,87)(H,88,89)/t74-,75+,76+/m0/s1. The first-order valence-corrected chi connectivity index (χ1v) is 44.6. The molecule has 588 valence electrons. The van der Waals surface area contributed by atoms with E-state index in [2.05, 4.69) is 34.6 Å². The van der Waals surface area contributed by atoms with E-state index >= 15 is 0 Å². The molecule has 0 aliphatic rings. The first-order valence-electron chi connectivity index (χ1n) is 41.6. The smallest absolute Gasteiger partial charge is 0.462 e. The predicted molar refractivity (Wildman–Crippen MR) is 405 cm³/mol. The minimum Gasteiger partial charge on any atom is -0.462 e. The molecule has 0 aromatic heterocycles. The van der Waals surface area contributed by atoms with E-state index in [0.717, 1.165) is 95.8 Å². The normalized spacial score (nSPS) is 13.9. The maximum absolute atomic E-state index is 13.1. The van der Waals surface area contributed by atoms with Crippen molar-refractivity contribution < 1.29 is 80.2 Å². The van der Waals surface area contributed by atoms with Crippen molar-refractivity contribution in [2.75, 3.05) is 39.6 Å². The highest BCUT2D eigenvalue weighted by Gasteiger charge is 2.30. The van der Waals surface area contributed by atoms with Crippen molar-refractivity contribution in [3.63, 3.8) is 0 Å². The second-order valence-corrected chi connectivity index (χ2v) is 32.2. The molecule has 99 heavy (non-hydrogen) atoms. The molecule has 0 aromatic rings. The van der Waals surface area contributed by atoms with Crippen LogP contribution in [0.25, 0.3) is 0 Å². The number of rotatable bonds is 80. The Kier molecular flexibility index (Phi) is 71.6. The van der Waals surface area contributed by atoms with E-state index in [0.29, 0.717) is 25.7 Å². The number of hydrogen-bond acceptors (Lipinski definition) is 15. The number of hydrogen-bond donors (Lipinski definition) is 3. The first-order chi connectivity index (χ1) is 48.0. The van der Waals surface area contributed by atoms with E-state index in [1.807, 2.05) is 0 Å². The van der Waals surface area contributed by atoms with Crippen LogP contribution >= 0.6 is 15.6 Å². The topological polar surface area (TPSA) is 237 Å². The zero-order valence-electron chi connectivity index (χ0n) is 64.6. The summed E-state index contributed by atoms with van der Waals surface area (Å²) < 4.78 is 68.6. The fourth-order valence-electron chi connectivity index (χ4n) is 12.4. The molecule has 0 saturated heterocycles. The molecular formula is C80H156O17P2. The Labute approximate surface area is 607 Å². The number of carbonyl (C=O) groups is 4. The average Bonchev–Trinajstić information content (AvgIpc) is 1.23. The zero-order chi connectivity index (χ0) is 72.7. The van der Waals surface area contributed by atoms with Crippen molar-refractivity contribution in [2.45, 2.75) is 445 Å². The molecule has 0 saturated carbocycles. The Morgan fingerprint density at radius 1 is 0.273 bits per heavy atom. The Balaban J connectivity index is 5.21. The highest BCUT2D eigenvalue weighted by Crippen LogP contribution is 2.45. The second kappa shape index (κ2) is 73.0. The summed E-state index contributed by atoms with van der Waals surface area (Å²) in [6, 6.07) is 0. The van der Waals surface area contributed by atoms with E-state index in [4.69, 9.17) is 37.0 Å². The lowest BCUT2D eigenvalue weighted by atomic mass is 10.0. The summed E-state index contributed by atoms with van der Waals surface area (Å²) >= 11 is 0. The largest absolute Gasteiger partial charge is 0.472 e. The lowest BCUT2D eigenvalue weighted by molar-refractivity contribution is -0.161. The van der Waals surface area contributed by atoms with Gasteiger partial charge in [-0.25, -0.2) is 9.13 Å². The van der Waals surface area contributed by atoms with Gasteiger partial charge in [-0.2, -0.15) is 0 Å². The number of aliphatic hydroxyl groups is 1. The van der Waals surface area contributed by atoms with Crippen molar-refractivity contribution in [2.24, 2.45) is 5.92 Å². The number of phosphoric acid groups is 2. The van der Waals surface area contributed by atoms with Crippen LogP contribution in [0.2, 0.25) is 0 Å². The third-order valence-corrected chi connectivity index (χ3v) is 20.7. The maximum atomic E-state index is 13.1. The van der Waals surface area contributed by atoms with Crippen LogP contribution in [0.15, 0.2) is 0 Å². The molecule has 17 nitrogen and oxygen atoms in total. The van der Waals surface area contributed by atoms with E-state index in [9.17, 15) is 43.2 Å². The van der Waals surface area contributed by atoms with Crippen molar-refractivity contribution in [3.8, 4) is 0 Å². The predicted octanol–water partition coefficient (Wildman–Crippen LogP) is 24.0. The van der Waals surface area contributed by atoms with Gasteiger partial charge in [-0.05, 0) is 31.6 Å². The number of unbranched alkanes of at least 4 members (excludes halogenated alkanes) is 52.